The van der Waals surface area contributed by atoms with E-state index in [0.29, 0.717) is 12.1 Å². The lowest BCUT2D eigenvalue weighted by molar-refractivity contribution is -0.386. The molecule has 0 fully saturated rings. The van der Waals surface area contributed by atoms with Gasteiger partial charge in [0.15, 0.2) is 0 Å². The number of halogens is 4. The fourth-order valence-electron chi connectivity index (χ4n) is 1.74. The molecule has 1 N–H and O–H groups in total. The molecule has 0 amide bonds. The number of nitro groups is 1. The van der Waals surface area contributed by atoms with Gasteiger partial charge < -0.3 is 5.32 Å². The smallest absolute Gasteiger partial charge is 0.327 e. The van der Waals surface area contributed by atoms with Crippen molar-refractivity contribution in [1.82, 2.24) is 0 Å². The van der Waals surface area contributed by atoms with Crippen LogP contribution in [0, 0.1) is 33.4 Å². The maximum absolute atomic E-state index is 13.4. The molecule has 0 aromatic heterocycles. The van der Waals surface area contributed by atoms with Crippen molar-refractivity contribution in [3.05, 3.63) is 69.3 Å². The van der Waals surface area contributed by atoms with E-state index < -0.39 is 39.6 Å². The fraction of sp³-hybridized carbons (Fsp3) is 0.0769. The molecule has 0 atom stereocenters. The van der Waals surface area contributed by atoms with Crippen molar-refractivity contribution in [3.8, 4) is 0 Å². The fourth-order valence-corrected chi connectivity index (χ4v) is 1.74. The summed E-state index contributed by atoms with van der Waals surface area (Å²) in [6.07, 6.45) is 0. The lowest BCUT2D eigenvalue weighted by Crippen LogP contribution is -2.06. The molecule has 2 rings (SSSR count). The Labute approximate surface area is 116 Å². The van der Waals surface area contributed by atoms with Crippen molar-refractivity contribution < 1.29 is 22.5 Å². The van der Waals surface area contributed by atoms with Crippen LogP contribution >= 0.6 is 0 Å². The van der Waals surface area contributed by atoms with E-state index in [4.69, 9.17) is 0 Å². The summed E-state index contributed by atoms with van der Waals surface area (Å²) >= 11 is 0. The monoisotopic (exact) mass is 300 g/mol. The van der Waals surface area contributed by atoms with Gasteiger partial charge in [0.1, 0.15) is 23.1 Å². The molecule has 0 bridgehead atoms. The average Bonchev–Trinajstić information content (AvgIpc) is 2.36. The van der Waals surface area contributed by atoms with Gasteiger partial charge in [-0.2, -0.15) is 4.39 Å². The quantitative estimate of drug-likeness (QED) is 0.531. The summed E-state index contributed by atoms with van der Waals surface area (Å²) in [7, 11) is 0. The second-order valence-electron chi connectivity index (χ2n) is 4.13. The highest BCUT2D eigenvalue weighted by Gasteiger charge is 2.22. The molecule has 0 aliphatic heterocycles. The van der Waals surface area contributed by atoms with Crippen LogP contribution in [0.1, 0.15) is 5.56 Å². The standard InChI is InChI=1S/C13H8F4N2O2/c14-8-2-1-7(10(16)3-8)6-18-12-5-9(15)4-11(17)13(12)19(20)21/h1-5,18H,6H2. The van der Waals surface area contributed by atoms with E-state index >= 15 is 0 Å². The van der Waals surface area contributed by atoms with Crippen LogP contribution in [0.15, 0.2) is 30.3 Å². The Bertz CT molecular complexity index is 707. The summed E-state index contributed by atoms with van der Waals surface area (Å²) in [5, 5.41) is 13.1. The van der Waals surface area contributed by atoms with Crippen LogP contribution in [0.5, 0.6) is 0 Å². The van der Waals surface area contributed by atoms with E-state index in [1.54, 1.807) is 0 Å². The molecular formula is C13H8F4N2O2. The van der Waals surface area contributed by atoms with Gasteiger partial charge in [-0.3, -0.25) is 10.1 Å². The zero-order chi connectivity index (χ0) is 15.6. The first-order valence-corrected chi connectivity index (χ1v) is 5.69. The molecule has 8 heteroatoms. The lowest BCUT2D eigenvalue weighted by Gasteiger charge is -2.09. The van der Waals surface area contributed by atoms with Crippen LogP contribution in [-0.4, -0.2) is 4.92 Å². The van der Waals surface area contributed by atoms with Gasteiger partial charge in [0, 0.05) is 30.3 Å². The van der Waals surface area contributed by atoms with Crippen LogP contribution < -0.4 is 5.32 Å². The molecule has 110 valence electrons. The van der Waals surface area contributed by atoms with E-state index in [-0.39, 0.29) is 12.1 Å². The van der Waals surface area contributed by atoms with E-state index in [9.17, 15) is 27.7 Å². The molecule has 0 saturated carbocycles. The number of hydrogen-bond acceptors (Lipinski definition) is 3. The Balaban J connectivity index is 2.29. The second kappa shape index (κ2) is 5.78. The van der Waals surface area contributed by atoms with Gasteiger partial charge in [0.2, 0.25) is 5.82 Å². The zero-order valence-corrected chi connectivity index (χ0v) is 10.4. The molecule has 0 heterocycles. The number of nitrogens with zero attached hydrogens (tertiary/aromatic N) is 1. The number of nitrogens with one attached hydrogen (secondary N) is 1. The third-order valence-corrected chi connectivity index (χ3v) is 2.70. The Morgan fingerprint density at radius 1 is 1.00 bits per heavy atom. The van der Waals surface area contributed by atoms with Gasteiger partial charge in [-0.1, -0.05) is 6.07 Å². The predicted molar refractivity (Wildman–Crippen MR) is 66.7 cm³/mol. The summed E-state index contributed by atoms with van der Waals surface area (Å²) in [5.41, 5.74) is -1.38. The number of nitro benzene ring substituents is 1. The van der Waals surface area contributed by atoms with Crippen LogP contribution in [0.2, 0.25) is 0 Å². The maximum Gasteiger partial charge on any atom is 0.327 e. The minimum atomic E-state index is -1.35. The first kappa shape index (κ1) is 14.8. The van der Waals surface area contributed by atoms with Crippen molar-refractivity contribution >= 4 is 11.4 Å². The minimum Gasteiger partial charge on any atom is -0.375 e. The third-order valence-electron chi connectivity index (χ3n) is 2.70. The van der Waals surface area contributed by atoms with Gasteiger partial charge in [-0.05, 0) is 6.07 Å². The Hall–Kier alpha value is -2.64. The SMILES string of the molecule is O=[N+]([O-])c1c(F)cc(F)cc1NCc1ccc(F)cc1F. The van der Waals surface area contributed by atoms with Crippen molar-refractivity contribution in [2.75, 3.05) is 5.32 Å². The zero-order valence-electron chi connectivity index (χ0n) is 10.4. The largest absolute Gasteiger partial charge is 0.375 e. The minimum absolute atomic E-state index is 0.00429. The van der Waals surface area contributed by atoms with E-state index in [0.717, 1.165) is 18.2 Å². The van der Waals surface area contributed by atoms with E-state index in [1.165, 1.54) is 0 Å². The summed E-state index contributed by atoms with van der Waals surface area (Å²) in [5.74, 6) is -4.01. The van der Waals surface area contributed by atoms with E-state index in [2.05, 4.69) is 5.32 Å². The molecule has 2 aromatic rings. The van der Waals surface area contributed by atoms with Gasteiger partial charge in [0.05, 0.1) is 4.92 Å². The van der Waals surface area contributed by atoms with Crippen LogP contribution in [0.3, 0.4) is 0 Å². The van der Waals surface area contributed by atoms with Crippen LogP contribution in [-0.2, 0) is 6.54 Å². The van der Waals surface area contributed by atoms with Crippen molar-refractivity contribution in [2.24, 2.45) is 0 Å². The van der Waals surface area contributed by atoms with Gasteiger partial charge in [-0.25, -0.2) is 13.2 Å². The Kier molecular flexibility index (Phi) is 4.06. The van der Waals surface area contributed by atoms with Crippen molar-refractivity contribution in [3.63, 3.8) is 0 Å². The van der Waals surface area contributed by atoms with Crippen LogP contribution in [0.25, 0.3) is 0 Å². The number of rotatable bonds is 4. The Morgan fingerprint density at radius 2 is 1.67 bits per heavy atom. The van der Waals surface area contributed by atoms with Crippen molar-refractivity contribution in [1.29, 1.82) is 0 Å². The molecule has 0 saturated heterocycles. The number of benzene rings is 2. The topological polar surface area (TPSA) is 55.2 Å². The molecule has 0 unspecified atom stereocenters. The highest BCUT2D eigenvalue weighted by Crippen LogP contribution is 2.29. The predicted octanol–water partition coefficient (Wildman–Crippen LogP) is 3.76. The average molecular weight is 300 g/mol. The van der Waals surface area contributed by atoms with Crippen molar-refractivity contribution in [2.45, 2.75) is 6.54 Å². The molecule has 0 spiro atoms. The first-order valence-electron chi connectivity index (χ1n) is 5.69. The van der Waals surface area contributed by atoms with Gasteiger partial charge in [0.25, 0.3) is 0 Å². The van der Waals surface area contributed by atoms with E-state index in [1.807, 2.05) is 0 Å². The lowest BCUT2D eigenvalue weighted by atomic mass is 10.2. The van der Waals surface area contributed by atoms with Gasteiger partial charge >= 0.3 is 5.69 Å². The van der Waals surface area contributed by atoms with Gasteiger partial charge in [-0.15, -0.1) is 0 Å². The molecule has 0 radical (unpaired) electrons. The molecule has 4 nitrogen and oxygen atoms in total. The third kappa shape index (κ3) is 3.28. The summed E-state index contributed by atoms with van der Waals surface area (Å²) in [6.45, 7) is -0.296. The number of hydrogen-bond donors (Lipinski definition) is 1. The molecule has 0 aliphatic carbocycles. The number of anilines is 1. The molecule has 0 aliphatic rings. The second-order valence-corrected chi connectivity index (χ2v) is 4.13. The highest BCUT2D eigenvalue weighted by atomic mass is 19.1. The summed E-state index contributed by atoms with van der Waals surface area (Å²) in [6, 6.07) is 3.86. The Morgan fingerprint density at radius 3 is 2.29 bits per heavy atom. The highest BCUT2D eigenvalue weighted by molar-refractivity contribution is 5.62. The van der Waals surface area contributed by atoms with Crippen LogP contribution in [0.4, 0.5) is 28.9 Å². The molecule has 2 aromatic carbocycles. The molecule has 21 heavy (non-hydrogen) atoms. The first-order chi connectivity index (χ1) is 9.88. The maximum atomic E-state index is 13.4. The molecular weight excluding hydrogens is 292 g/mol. The normalized spacial score (nSPS) is 10.5. The summed E-state index contributed by atoms with van der Waals surface area (Å²) in [4.78, 5) is 9.74. The summed E-state index contributed by atoms with van der Waals surface area (Å²) < 4.78 is 52.6.